The number of nitrogens with zero attached hydrogens (tertiary/aromatic N) is 3. The van der Waals surface area contributed by atoms with Gasteiger partial charge in [-0.2, -0.15) is 5.26 Å². The lowest BCUT2D eigenvalue weighted by atomic mass is 10.2. The largest absolute Gasteiger partial charge is 0.379 e. The molecule has 1 saturated heterocycles. The average Bonchev–Trinajstić information content (AvgIpc) is 2.54. The predicted molar refractivity (Wildman–Crippen MR) is 61.2 cm³/mol. The molecule has 1 aromatic heterocycles. The molecule has 0 amide bonds. The van der Waals surface area contributed by atoms with Gasteiger partial charge in [-0.25, -0.2) is 4.98 Å². The topological polar surface area (TPSA) is 49.1 Å². The summed E-state index contributed by atoms with van der Waals surface area (Å²) < 4.78 is 5.48. The molecule has 1 aliphatic rings. The van der Waals surface area contributed by atoms with E-state index in [2.05, 4.69) is 22.9 Å². The number of rotatable bonds is 1. The van der Waals surface area contributed by atoms with Gasteiger partial charge in [-0.3, -0.25) is 0 Å². The Kier molecular flexibility index (Phi) is 3.37. The molecule has 0 bridgehead atoms. The molecule has 0 spiro atoms. The Balaban J connectivity index is 2.31. The van der Waals surface area contributed by atoms with Gasteiger partial charge in [0.2, 0.25) is 0 Å². The van der Waals surface area contributed by atoms with Crippen LogP contribution in [0.25, 0.3) is 0 Å². The summed E-state index contributed by atoms with van der Waals surface area (Å²) >= 11 is 0. The van der Waals surface area contributed by atoms with E-state index in [1.54, 1.807) is 18.3 Å². The van der Waals surface area contributed by atoms with Crippen molar-refractivity contribution < 1.29 is 4.74 Å². The number of aromatic nitrogens is 1. The Morgan fingerprint density at radius 3 is 3.31 bits per heavy atom. The molecule has 2 heterocycles. The SMILES string of the molecule is CC1COCCCN1c1ncccc1C#N. The molecule has 0 aliphatic carbocycles. The fourth-order valence-corrected chi connectivity index (χ4v) is 1.93. The third-order valence-electron chi connectivity index (χ3n) is 2.76. The second-order valence-corrected chi connectivity index (χ2v) is 3.96. The van der Waals surface area contributed by atoms with E-state index in [-0.39, 0.29) is 6.04 Å². The van der Waals surface area contributed by atoms with Crippen LogP contribution in [-0.4, -0.2) is 30.8 Å². The molecule has 4 nitrogen and oxygen atoms in total. The summed E-state index contributed by atoms with van der Waals surface area (Å²) in [7, 11) is 0. The Labute approximate surface area is 95.5 Å². The van der Waals surface area contributed by atoms with Gasteiger partial charge in [0.1, 0.15) is 11.9 Å². The summed E-state index contributed by atoms with van der Waals surface area (Å²) in [6.07, 6.45) is 2.71. The van der Waals surface area contributed by atoms with Crippen LogP contribution in [0.15, 0.2) is 18.3 Å². The lowest BCUT2D eigenvalue weighted by molar-refractivity contribution is 0.137. The van der Waals surface area contributed by atoms with Crippen LogP contribution >= 0.6 is 0 Å². The summed E-state index contributed by atoms with van der Waals surface area (Å²) in [6, 6.07) is 6.06. The molecule has 2 rings (SSSR count). The second kappa shape index (κ2) is 4.95. The van der Waals surface area contributed by atoms with Gasteiger partial charge in [-0.15, -0.1) is 0 Å². The molecule has 1 fully saturated rings. The maximum absolute atomic E-state index is 9.06. The average molecular weight is 217 g/mol. The van der Waals surface area contributed by atoms with E-state index in [0.29, 0.717) is 12.2 Å². The fourth-order valence-electron chi connectivity index (χ4n) is 1.93. The molecule has 1 unspecified atom stereocenters. The maximum atomic E-state index is 9.06. The van der Waals surface area contributed by atoms with Gasteiger partial charge >= 0.3 is 0 Å². The van der Waals surface area contributed by atoms with Gasteiger partial charge < -0.3 is 9.64 Å². The zero-order valence-corrected chi connectivity index (χ0v) is 9.39. The van der Waals surface area contributed by atoms with E-state index in [4.69, 9.17) is 10.00 Å². The van der Waals surface area contributed by atoms with Crippen molar-refractivity contribution in [1.29, 1.82) is 5.26 Å². The lowest BCUT2D eigenvalue weighted by Crippen LogP contribution is -2.36. The normalized spacial score (nSPS) is 21.2. The van der Waals surface area contributed by atoms with Gasteiger partial charge in [-0.05, 0) is 25.5 Å². The fraction of sp³-hybridized carbons (Fsp3) is 0.500. The number of nitriles is 1. The van der Waals surface area contributed by atoms with Crippen molar-refractivity contribution in [2.24, 2.45) is 0 Å². The molecule has 16 heavy (non-hydrogen) atoms. The highest BCUT2D eigenvalue weighted by Gasteiger charge is 2.20. The summed E-state index contributed by atoms with van der Waals surface area (Å²) in [5.74, 6) is 0.781. The highest BCUT2D eigenvalue weighted by Crippen LogP contribution is 2.20. The van der Waals surface area contributed by atoms with Crippen molar-refractivity contribution >= 4 is 5.82 Å². The molecule has 1 atom stereocenters. The third-order valence-corrected chi connectivity index (χ3v) is 2.76. The Hall–Kier alpha value is -1.60. The Morgan fingerprint density at radius 2 is 2.50 bits per heavy atom. The van der Waals surface area contributed by atoms with Gasteiger partial charge in [0.05, 0.1) is 18.2 Å². The molecule has 0 saturated carbocycles. The minimum Gasteiger partial charge on any atom is -0.379 e. The molecule has 0 N–H and O–H groups in total. The first-order valence-corrected chi connectivity index (χ1v) is 5.52. The first-order valence-electron chi connectivity index (χ1n) is 5.52. The van der Waals surface area contributed by atoms with Crippen molar-refractivity contribution in [3.05, 3.63) is 23.9 Å². The number of ether oxygens (including phenoxy) is 1. The molecular formula is C12H15N3O. The zero-order valence-electron chi connectivity index (χ0n) is 9.39. The van der Waals surface area contributed by atoms with Gasteiger partial charge in [-0.1, -0.05) is 0 Å². The third kappa shape index (κ3) is 2.15. The maximum Gasteiger partial charge on any atom is 0.146 e. The van der Waals surface area contributed by atoms with E-state index >= 15 is 0 Å². The van der Waals surface area contributed by atoms with Crippen molar-refractivity contribution in [1.82, 2.24) is 4.98 Å². The molecule has 1 aromatic rings. The number of pyridine rings is 1. The summed E-state index contributed by atoms with van der Waals surface area (Å²) in [5.41, 5.74) is 0.635. The van der Waals surface area contributed by atoms with Gasteiger partial charge in [0, 0.05) is 19.3 Å². The first kappa shape index (κ1) is 10.9. The van der Waals surface area contributed by atoms with E-state index in [9.17, 15) is 0 Å². The molecular weight excluding hydrogens is 202 g/mol. The molecule has 0 aromatic carbocycles. The summed E-state index contributed by atoms with van der Waals surface area (Å²) in [4.78, 5) is 6.47. The van der Waals surface area contributed by atoms with E-state index < -0.39 is 0 Å². The standard InChI is InChI=1S/C12H15N3O/c1-10-9-16-7-3-6-15(10)12-11(8-13)4-2-5-14-12/h2,4-5,10H,3,6-7,9H2,1H3. The number of anilines is 1. The van der Waals surface area contributed by atoms with Crippen molar-refractivity contribution in [2.45, 2.75) is 19.4 Å². The van der Waals surface area contributed by atoms with E-state index in [1.165, 1.54) is 0 Å². The Morgan fingerprint density at radius 1 is 1.62 bits per heavy atom. The van der Waals surface area contributed by atoms with Crippen LogP contribution < -0.4 is 4.90 Å². The van der Waals surface area contributed by atoms with Crippen molar-refractivity contribution in [2.75, 3.05) is 24.7 Å². The van der Waals surface area contributed by atoms with Crippen molar-refractivity contribution in [3.8, 4) is 6.07 Å². The van der Waals surface area contributed by atoms with Crippen LogP contribution in [-0.2, 0) is 4.74 Å². The van der Waals surface area contributed by atoms with Gasteiger partial charge in [0.25, 0.3) is 0 Å². The minimum absolute atomic E-state index is 0.268. The van der Waals surface area contributed by atoms with Crippen LogP contribution in [0.3, 0.4) is 0 Å². The number of hydrogen-bond acceptors (Lipinski definition) is 4. The van der Waals surface area contributed by atoms with Crippen molar-refractivity contribution in [3.63, 3.8) is 0 Å². The van der Waals surface area contributed by atoms with Crippen LogP contribution in [0.1, 0.15) is 18.9 Å². The first-order chi connectivity index (χ1) is 7.83. The summed E-state index contributed by atoms with van der Waals surface area (Å²) in [6.45, 7) is 4.48. The molecule has 84 valence electrons. The minimum atomic E-state index is 0.268. The van der Waals surface area contributed by atoms with Gasteiger partial charge in [0.15, 0.2) is 0 Å². The van der Waals surface area contributed by atoms with Crippen LogP contribution in [0.4, 0.5) is 5.82 Å². The quantitative estimate of drug-likeness (QED) is 0.716. The molecule has 1 aliphatic heterocycles. The zero-order chi connectivity index (χ0) is 11.4. The van der Waals surface area contributed by atoms with E-state index in [0.717, 1.165) is 25.4 Å². The Bertz CT molecular complexity index is 399. The van der Waals surface area contributed by atoms with E-state index in [1.807, 2.05) is 0 Å². The van der Waals surface area contributed by atoms with Crippen LogP contribution in [0.2, 0.25) is 0 Å². The van der Waals surface area contributed by atoms with Crippen LogP contribution in [0.5, 0.6) is 0 Å². The monoisotopic (exact) mass is 217 g/mol. The highest BCUT2D eigenvalue weighted by molar-refractivity contribution is 5.54. The lowest BCUT2D eigenvalue weighted by Gasteiger charge is -2.27. The predicted octanol–water partition coefficient (Wildman–Crippen LogP) is 1.57. The highest BCUT2D eigenvalue weighted by atomic mass is 16.5. The summed E-state index contributed by atoms with van der Waals surface area (Å²) in [5, 5.41) is 9.06. The molecule has 0 radical (unpaired) electrons. The smallest absolute Gasteiger partial charge is 0.146 e. The number of hydrogen-bond donors (Lipinski definition) is 0. The molecule has 4 heteroatoms. The second-order valence-electron chi connectivity index (χ2n) is 3.96. The van der Waals surface area contributed by atoms with Crippen LogP contribution in [0, 0.1) is 11.3 Å².